The summed E-state index contributed by atoms with van der Waals surface area (Å²) in [4.78, 5) is 0. The second-order valence-electron chi connectivity index (χ2n) is 4.58. The smallest absolute Gasteiger partial charge is 0.163 e. The molecule has 0 saturated carbocycles. The first kappa shape index (κ1) is 14.3. The lowest BCUT2D eigenvalue weighted by Crippen LogP contribution is -2.06. The van der Waals surface area contributed by atoms with Crippen molar-refractivity contribution in [1.29, 1.82) is 0 Å². The van der Waals surface area contributed by atoms with Gasteiger partial charge >= 0.3 is 0 Å². The SMILES string of the molecule is CCOc1cc(NC(C)c2ccccc2)ccc1OC. The molecule has 2 aromatic carbocycles. The number of anilines is 1. The van der Waals surface area contributed by atoms with E-state index in [1.807, 2.05) is 43.3 Å². The molecule has 0 bridgehead atoms. The van der Waals surface area contributed by atoms with Crippen LogP contribution in [-0.2, 0) is 0 Å². The van der Waals surface area contributed by atoms with Crippen LogP contribution >= 0.6 is 0 Å². The van der Waals surface area contributed by atoms with Crippen LogP contribution in [0.15, 0.2) is 48.5 Å². The number of hydrogen-bond donors (Lipinski definition) is 1. The van der Waals surface area contributed by atoms with Crippen molar-refractivity contribution in [3.63, 3.8) is 0 Å². The molecule has 3 heteroatoms. The molecule has 0 radical (unpaired) electrons. The van der Waals surface area contributed by atoms with Crippen LogP contribution in [0.3, 0.4) is 0 Å². The second kappa shape index (κ2) is 6.85. The number of methoxy groups -OCH3 is 1. The first-order valence-electron chi connectivity index (χ1n) is 6.87. The van der Waals surface area contributed by atoms with E-state index in [1.54, 1.807) is 7.11 Å². The van der Waals surface area contributed by atoms with Crippen LogP contribution in [0.25, 0.3) is 0 Å². The third-order valence-corrected chi connectivity index (χ3v) is 3.15. The Morgan fingerprint density at radius 3 is 2.45 bits per heavy atom. The molecule has 0 saturated heterocycles. The van der Waals surface area contributed by atoms with Crippen molar-refractivity contribution in [3.8, 4) is 11.5 Å². The van der Waals surface area contributed by atoms with E-state index in [9.17, 15) is 0 Å². The Kier molecular flexibility index (Phi) is 4.88. The third kappa shape index (κ3) is 3.44. The third-order valence-electron chi connectivity index (χ3n) is 3.15. The van der Waals surface area contributed by atoms with Gasteiger partial charge in [0.05, 0.1) is 13.7 Å². The van der Waals surface area contributed by atoms with Crippen molar-refractivity contribution >= 4 is 5.69 Å². The Morgan fingerprint density at radius 1 is 1.05 bits per heavy atom. The van der Waals surface area contributed by atoms with Gasteiger partial charge in [-0.2, -0.15) is 0 Å². The van der Waals surface area contributed by atoms with Gasteiger partial charge < -0.3 is 14.8 Å². The Balaban J connectivity index is 2.15. The Labute approximate surface area is 120 Å². The summed E-state index contributed by atoms with van der Waals surface area (Å²) < 4.78 is 10.9. The van der Waals surface area contributed by atoms with E-state index in [4.69, 9.17) is 9.47 Å². The summed E-state index contributed by atoms with van der Waals surface area (Å²) in [5.74, 6) is 1.52. The summed E-state index contributed by atoms with van der Waals surface area (Å²) in [7, 11) is 1.65. The maximum absolute atomic E-state index is 5.59. The summed E-state index contributed by atoms with van der Waals surface area (Å²) in [6, 6.07) is 16.5. The zero-order chi connectivity index (χ0) is 14.4. The standard InChI is InChI=1S/C17H21NO2/c1-4-20-17-12-15(10-11-16(17)19-3)18-13(2)14-8-6-5-7-9-14/h5-13,18H,4H2,1-3H3. The van der Waals surface area contributed by atoms with Gasteiger partial charge in [0.15, 0.2) is 11.5 Å². The maximum atomic E-state index is 5.59. The Morgan fingerprint density at radius 2 is 1.80 bits per heavy atom. The van der Waals surface area contributed by atoms with Gasteiger partial charge in [0, 0.05) is 17.8 Å². The lowest BCUT2D eigenvalue weighted by molar-refractivity contribution is 0.311. The van der Waals surface area contributed by atoms with Crippen LogP contribution in [0.5, 0.6) is 11.5 Å². The van der Waals surface area contributed by atoms with E-state index in [1.165, 1.54) is 5.56 Å². The normalized spacial score (nSPS) is 11.8. The van der Waals surface area contributed by atoms with Gasteiger partial charge in [0.1, 0.15) is 0 Å². The zero-order valence-electron chi connectivity index (χ0n) is 12.2. The largest absolute Gasteiger partial charge is 0.493 e. The minimum absolute atomic E-state index is 0.235. The highest BCUT2D eigenvalue weighted by molar-refractivity contribution is 5.55. The topological polar surface area (TPSA) is 30.5 Å². The fourth-order valence-corrected chi connectivity index (χ4v) is 2.11. The van der Waals surface area contributed by atoms with Gasteiger partial charge in [-0.3, -0.25) is 0 Å². The van der Waals surface area contributed by atoms with Crippen LogP contribution in [0.2, 0.25) is 0 Å². The van der Waals surface area contributed by atoms with Crippen molar-refractivity contribution in [3.05, 3.63) is 54.1 Å². The van der Waals surface area contributed by atoms with Crippen LogP contribution in [0, 0.1) is 0 Å². The molecule has 20 heavy (non-hydrogen) atoms. The lowest BCUT2D eigenvalue weighted by Gasteiger charge is -2.17. The number of hydrogen-bond acceptors (Lipinski definition) is 3. The molecule has 0 fully saturated rings. The first-order chi connectivity index (χ1) is 9.74. The maximum Gasteiger partial charge on any atom is 0.163 e. The average Bonchev–Trinajstić information content (AvgIpc) is 2.49. The summed E-state index contributed by atoms with van der Waals surface area (Å²) in [6.45, 7) is 4.72. The molecule has 2 rings (SSSR count). The van der Waals surface area contributed by atoms with E-state index < -0.39 is 0 Å². The Hall–Kier alpha value is -2.16. The molecule has 3 nitrogen and oxygen atoms in total. The van der Waals surface area contributed by atoms with Gasteiger partial charge in [-0.15, -0.1) is 0 Å². The van der Waals surface area contributed by atoms with E-state index in [0.29, 0.717) is 6.61 Å². The quantitative estimate of drug-likeness (QED) is 0.851. The molecule has 0 aliphatic rings. The number of benzene rings is 2. The van der Waals surface area contributed by atoms with Crippen LogP contribution in [-0.4, -0.2) is 13.7 Å². The molecular formula is C17H21NO2. The van der Waals surface area contributed by atoms with Crippen molar-refractivity contribution in [2.45, 2.75) is 19.9 Å². The Bertz CT molecular complexity index is 540. The number of rotatable bonds is 6. The van der Waals surface area contributed by atoms with Crippen LogP contribution in [0.4, 0.5) is 5.69 Å². The van der Waals surface area contributed by atoms with Gasteiger partial charge in [0.2, 0.25) is 0 Å². The first-order valence-corrected chi connectivity index (χ1v) is 6.87. The summed E-state index contributed by atoms with van der Waals surface area (Å²) >= 11 is 0. The molecule has 0 spiro atoms. The van der Waals surface area contributed by atoms with E-state index in [-0.39, 0.29) is 6.04 Å². The van der Waals surface area contributed by atoms with Gasteiger partial charge in [0.25, 0.3) is 0 Å². The predicted molar refractivity (Wildman–Crippen MR) is 82.6 cm³/mol. The average molecular weight is 271 g/mol. The number of nitrogens with one attached hydrogen (secondary N) is 1. The summed E-state index contributed by atoms with van der Waals surface area (Å²) in [5.41, 5.74) is 2.27. The van der Waals surface area contributed by atoms with E-state index >= 15 is 0 Å². The molecular weight excluding hydrogens is 250 g/mol. The molecule has 1 unspecified atom stereocenters. The molecule has 1 atom stereocenters. The molecule has 0 heterocycles. The van der Waals surface area contributed by atoms with E-state index in [2.05, 4.69) is 24.4 Å². The molecule has 1 N–H and O–H groups in total. The van der Waals surface area contributed by atoms with E-state index in [0.717, 1.165) is 17.2 Å². The van der Waals surface area contributed by atoms with Gasteiger partial charge in [-0.05, 0) is 31.5 Å². The lowest BCUT2D eigenvalue weighted by atomic mass is 10.1. The summed E-state index contributed by atoms with van der Waals surface area (Å²) in [6.07, 6.45) is 0. The second-order valence-corrected chi connectivity index (χ2v) is 4.58. The van der Waals surface area contributed by atoms with Crippen LogP contribution < -0.4 is 14.8 Å². The minimum Gasteiger partial charge on any atom is -0.493 e. The van der Waals surface area contributed by atoms with Gasteiger partial charge in [-0.1, -0.05) is 30.3 Å². The zero-order valence-corrected chi connectivity index (χ0v) is 12.2. The van der Waals surface area contributed by atoms with Crippen molar-refractivity contribution < 1.29 is 9.47 Å². The van der Waals surface area contributed by atoms with Crippen molar-refractivity contribution in [1.82, 2.24) is 0 Å². The highest BCUT2D eigenvalue weighted by Crippen LogP contribution is 2.31. The summed E-state index contributed by atoms with van der Waals surface area (Å²) in [5, 5.41) is 3.47. The fourth-order valence-electron chi connectivity index (χ4n) is 2.11. The molecule has 2 aromatic rings. The molecule has 0 aliphatic heterocycles. The highest BCUT2D eigenvalue weighted by Gasteiger charge is 2.08. The van der Waals surface area contributed by atoms with Crippen LogP contribution in [0.1, 0.15) is 25.5 Å². The minimum atomic E-state index is 0.235. The number of ether oxygens (including phenoxy) is 2. The predicted octanol–water partition coefficient (Wildman–Crippen LogP) is 4.27. The molecule has 0 aromatic heterocycles. The molecule has 0 aliphatic carbocycles. The molecule has 106 valence electrons. The van der Waals surface area contributed by atoms with Gasteiger partial charge in [-0.25, -0.2) is 0 Å². The highest BCUT2D eigenvalue weighted by atomic mass is 16.5. The van der Waals surface area contributed by atoms with Crippen molar-refractivity contribution in [2.75, 3.05) is 19.0 Å². The fraction of sp³-hybridized carbons (Fsp3) is 0.294. The molecule has 0 amide bonds. The van der Waals surface area contributed by atoms with Crippen molar-refractivity contribution in [2.24, 2.45) is 0 Å². The monoisotopic (exact) mass is 271 g/mol.